The van der Waals surface area contributed by atoms with Crippen LogP contribution in [0.15, 0.2) is 29.2 Å². The second-order valence-electron chi connectivity index (χ2n) is 4.61. The number of halogens is 3. The summed E-state index contributed by atoms with van der Waals surface area (Å²) in [6.07, 6.45) is 0. The maximum Gasteiger partial charge on any atom is 0.241 e. The van der Waals surface area contributed by atoms with Crippen molar-refractivity contribution in [1.82, 2.24) is 0 Å². The van der Waals surface area contributed by atoms with Gasteiger partial charge in [-0.1, -0.05) is 0 Å². The Labute approximate surface area is 140 Å². The van der Waals surface area contributed by atoms with Gasteiger partial charge >= 0.3 is 0 Å². The van der Waals surface area contributed by atoms with E-state index in [2.05, 4.69) is 0 Å². The van der Waals surface area contributed by atoms with Gasteiger partial charge in [-0.15, -0.1) is 0 Å². The van der Waals surface area contributed by atoms with Gasteiger partial charge in [0, 0.05) is 11.1 Å². The van der Waals surface area contributed by atoms with Gasteiger partial charge in [0.1, 0.15) is 22.3 Å². The standard InChI is InChI=1S/C14H12F2INO3S/c1-7-5-9(8-3-4-10(15)13(17)12(8)16)14(21-2)11(6-7)22(18,19)20/h3-6H,1-2H3,(H2,18,19,20). The number of sulfonamides is 1. The van der Waals surface area contributed by atoms with Gasteiger partial charge in [0.05, 0.1) is 10.7 Å². The molecule has 0 aliphatic rings. The summed E-state index contributed by atoms with van der Waals surface area (Å²) in [6, 6.07) is 5.24. The van der Waals surface area contributed by atoms with Crippen LogP contribution in [0.5, 0.6) is 5.75 Å². The zero-order chi connectivity index (χ0) is 16.7. The van der Waals surface area contributed by atoms with E-state index in [0.29, 0.717) is 5.56 Å². The number of benzene rings is 2. The highest BCUT2D eigenvalue weighted by molar-refractivity contribution is 14.1. The van der Waals surface area contributed by atoms with E-state index in [4.69, 9.17) is 9.88 Å². The van der Waals surface area contributed by atoms with Gasteiger partial charge in [0.25, 0.3) is 0 Å². The van der Waals surface area contributed by atoms with Crippen LogP contribution in [0.25, 0.3) is 11.1 Å². The molecule has 0 saturated heterocycles. The third kappa shape index (κ3) is 3.08. The molecule has 0 fully saturated rings. The molecule has 2 N–H and O–H groups in total. The number of ether oxygens (including phenoxy) is 1. The summed E-state index contributed by atoms with van der Waals surface area (Å²) < 4.78 is 56.1. The molecule has 2 aromatic rings. The molecular weight excluding hydrogens is 427 g/mol. The van der Waals surface area contributed by atoms with Gasteiger partial charge in [0.2, 0.25) is 10.0 Å². The van der Waals surface area contributed by atoms with E-state index in [1.54, 1.807) is 35.6 Å². The van der Waals surface area contributed by atoms with Crippen molar-refractivity contribution in [2.45, 2.75) is 11.8 Å². The van der Waals surface area contributed by atoms with Crippen molar-refractivity contribution >= 4 is 32.6 Å². The largest absolute Gasteiger partial charge is 0.495 e. The normalized spacial score (nSPS) is 11.5. The quantitative estimate of drug-likeness (QED) is 0.590. The van der Waals surface area contributed by atoms with Crippen LogP contribution in [0.4, 0.5) is 8.78 Å². The monoisotopic (exact) mass is 439 g/mol. The van der Waals surface area contributed by atoms with E-state index in [1.165, 1.54) is 19.2 Å². The van der Waals surface area contributed by atoms with Crippen LogP contribution in [0.2, 0.25) is 0 Å². The topological polar surface area (TPSA) is 69.4 Å². The molecule has 0 radical (unpaired) electrons. The lowest BCUT2D eigenvalue weighted by atomic mass is 10.0. The molecule has 22 heavy (non-hydrogen) atoms. The molecule has 0 unspecified atom stereocenters. The van der Waals surface area contributed by atoms with Crippen molar-refractivity contribution < 1.29 is 21.9 Å². The minimum atomic E-state index is -4.05. The van der Waals surface area contributed by atoms with Crippen LogP contribution in [0, 0.1) is 22.1 Å². The molecule has 0 aliphatic heterocycles. The van der Waals surface area contributed by atoms with Crippen LogP contribution in [-0.4, -0.2) is 15.5 Å². The molecular formula is C14H12F2INO3S. The second kappa shape index (κ2) is 6.09. The zero-order valence-corrected chi connectivity index (χ0v) is 14.6. The minimum Gasteiger partial charge on any atom is -0.495 e. The fourth-order valence-electron chi connectivity index (χ4n) is 2.10. The average molecular weight is 439 g/mol. The molecule has 0 atom stereocenters. The van der Waals surface area contributed by atoms with Crippen molar-refractivity contribution in [3.8, 4) is 16.9 Å². The lowest BCUT2D eigenvalue weighted by Gasteiger charge is -2.15. The first-order valence-electron chi connectivity index (χ1n) is 6.02. The fourth-order valence-corrected chi connectivity index (χ4v) is 3.37. The number of hydrogen-bond acceptors (Lipinski definition) is 3. The molecule has 118 valence electrons. The van der Waals surface area contributed by atoms with Crippen LogP contribution in [0.3, 0.4) is 0 Å². The first-order chi connectivity index (χ1) is 10.2. The first kappa shape index (κ1) is 17.1. The summed E-state index contributed by atoms with van der Waals surface area (Å²) in [6.45, 7) is 1.64. The van der Waals surface area contributed by atoms with Crippen molar-refractivity contribution in [3.63, 3.8) is 0 Å². The average Bonchev–Trinajstić information content (AvgIpc) is 2.43. The number of methoxy groups -OCH3 is 1. The number of aryl methyl sites for hydroxylation is 1. The van der Waals surface area contributed by atoms with Gasteiger partial charge in [-0.05, 0) is 59.3 Å². The summed E-state index contributed by atoms with van der Waals surface area (Å²) >= 11 is 1.54. The number of nitrogens with two attached hydrogens (primary N) is 1. The fraction of sp³-hybridized carbons (Fsp3) is 0.143. The van der Waals surface area contributed by atoms with E-state index in [9.17, 15) is 17.2 Å². The summed E-state index contributed by atoms with van der Waals surface area (Å²) in [5, 5.41) is 5.18. The molecule has 0 aromatic heterocycles. The Kier molecular flexibility index (Phi) is 4.73. The van der Waals surface area contributed by atoms with E-state index < -0.39 is 21.7 Å². The van der Waals surface area contributed by atoms with E-state index in [0.717, 1.165) is 6.07 Å². The molecule has 0 spiro atoms. The maximum atomic E-state index is 14.3. The predicted molar refractivity (Wildman–Crippen MR) is 87.2 cm³/mol. The highest BCUT2D eigenvalue weighted by Gasteiger charge is 2.23. The Balaban J connectivity index is 2.88. The lowest BCUT2D eigenvalue weighted by Crippen LogP contribution is -2.14. The smallest absolute Gasteiger partial charge is 0.241 e. The van der Waals surface area contributed by atoms with Gasteiger partial charge < -0.3 is 4.74 Å². The van der Waals surface area contributed by atoms with Crippen LogP contribution in [-0.2, 0) is 10.0 Å². The zero-order valence-electron chi connectivity index (χ0n) is 11.7. The van der Waals surface area contributed by atoms with Crippen LogP contribution in [0.1, 0.15) is 5.56 Å². The Morgan fingerprint density at radius 2 is 1.82 bits per heavy atom. The molecule has 0 amide bonds. The third-order valence-corrected chi connectivity index (χ3v) is 4.94. The van der Waals surface area contributed by atoms with Crippen molar-refractivity contribution in [1.29, 1.82) is 0 Å². The number of primary sulfonamides is 1. The molecule has 4 nitrogen and oxygen atoms in total. The Bertz CT molecular complexity index is 854. The van der Waals surface area contributed by atoms with Gasteiger partial charge in [-0.3, -0.25) is 0 Å². The summed E-state index contributed by atoms with van der Waals surface area (Å²) in [4.78, 5) is -0.247. The Hall–Kier alpha value is -1.26. The lowest BCUT2D eigenvalue weighted by molar-refractivity contribution is 0.404. The maximum absolute atomic E-state index is 14.3. The molecule has 0 heterocycles. The Morgan fingerprint density at radius 3 is 2.36 bits per heavy atom. The predicted octanol–water partition coefficient (Wildman–Crippen LogP) is 3.20. The molecule has 0 aliphatic carbocycles. The van der Waals surface area contributed by atoms with E-state index >= 15 is 0 Å². The minimum absolute atomic E-state index is 0.0382. The van der Waals surface area contributed by atoms with Gasteiger partial charge in [-0.2, -0.15) is 0 Å². The van der Waals surface area contributed by atoms with E-state index in [1.807, 2.05) is 0 Å². The SMILES string of the molecule is COc1c(-c2ccc(F)c(I)c2F)cc(C)cc1S(N)(=O)=O. The first-order valence-corrected chi connectivity index (χ1v) is 8.64. The molecule has 8 heteroatoms. The van der Waals surface area contributed by atoms with Crippen LogP contribution >= 0.6 is 22.6 Å². The van der Waals surface area contributed by atoms with Crippen molar-refractivity contribution in [3.05, 3.63) is 45.0 Å². The molecule has 0 bridgehead atoms. The third-order valence-electron chi connectivity index (χ3n) is 3.04. The molecule has 2 rings (SSSR count). The highest BCUT2D eigenvalue weighted by atomic mass is 127. The van der Waals surface area contributed by atoms with Crippen molar-refractivity contribution in [2.75, 3.05) is 7.11 Å². The van der Waals surface area contributed by atoms with Crippen molar-refractivity contribution in [2.24, 2.45) is 5.14 Å². The molecule has 0 saturated carbocycles. The van der Waals surface area contributed by atoms with Crippen LogP contribution < -0.4 is 9.88 Å². The number of rotatable bonds is 3. The van der Waals surface area contributed by atoms with Gasteiger partial charge in [0.15, 0.2) is 0 Å². The van der Waals surface area contributed by atoms with E-state index in [-0.39, 0.29) is 25.3 Å². The summed E-state index contributed by atoms with van der Waals surface area (Å²) in [5.74, 6) is -1.56. The summed E-state index contributed by atoms with van der Waals surface area (Å²) in [5.41, 5.74) is 0.789. The Morgan fingerprint density at radius 1 is 1.18 bits per heavy atom. The summed E-state index contributed by atoms with van der Waals surface area (Å²) in [7, 11) is -2.79. The number of hydrogen-bond donors (Lipinski definition) is 1. The van der Waals surface area contributed by atoms with Gasteiger partial charge in [-0.25, -0.2) is 22.3 Å². The highest BCUT2D eigenvalue weighted by Crippen LogP contribution is 2.38. The second-order valence-corrected chi connectivity index (χ2v) is 7.22. The molecule has 2 aromatic carbocycles.